The molecular formula is C27H37NO8. The van der Waals surface area contributed by atoms with E-state index in [1.54, 1.807) is 32.9 Å². The maximum absolute atomic E-state index is 12.6. The van der Waals surface area contributed by atoms with Gasteiger partial charge in [0.15, 0.2) is 11.5 Å². The molecule has 0 unspecified atom stereocenters. The molecule has 36 heavy (non-hydrogen) atoms. The Hall–Kier alpha value is -3.46. The van der Waals surface area contributed by atoms with Crippen LogP contribution in [-0.2, 0) is 21.4 Å². The number of aliphatic carboxylic acids is 1. The number of carbonyl (C=O) groups is 2. The smallest absolute Gasteiger partial charge is 0.407 e. The number of rotatable bonds is 11. The van der Waals surface area contributed by atoms with Gasteiger partial charge in [-0.2, -0.15) is 0 Å². The van der Waals surface area contributed by atoms with Gasteiger partial charge in [-0.3, -0.25) is 4.79 Å². The number of amides is 1. The molecule has 0 saturated carbocycles. The van der Waals surface area contributed by atoms with Crippen LogP contribution in [0.1, 0.15) is 45.2 Å². The number of aliphatic hydroxyl groups excluding tert-OH is 1. The quantitative estimate of drug-likeness (QED) is 0.421. The second-order valence-electron chi connectivity index (χ2n) is 9.73. The van der Waals surface area contributed by atoms with Gasteiger partial charge in [0.2, 0.25) is 5.75 Å². The highest BCUT2D eigenvalue weighted by molar-refractivity contribution is 5.83. The number of carboxylic acid groups (broad SMARTS) is 1. The monoisotopic (exact) mass is 503 g/mol. The molecular weight excluding hydrogens is 466 g/mol. The number of hydrogen-bond donors (Lipinski definition) is 3. The normalized spacial score (nSPS) is 14.7. The van der Waals surface area contributed by atoms with Crippen LogP contribution in [0, 0.1) is 0 Å². The van der Waals surface area contributed by atoms with Crippen molar-refractivity contribution in [2.45, 2.75) is 63.7 Å². The summed E-state index contributed by atoms with van der Waals surface area (Å²) in [5, 5.41) is 24.3. The molecule has 2 aromatic rings. The standard InChI is InChI=1S/C27H37NO8/c1-26(2,3)36-25(32)28-19(15-17-11-9-8-10-12-17)20(29)16-27(4,24(30)31)18-13-14-21(33-5)23(35-7)22(18)34-6/h8-14,19-20,29H,15-16H2,1-7H3,(H,28,32)(H,30,31)/t19-,20-,27+/m0/s1. The molecule has 9 nitrogen and oxygen atoms in total. The maximum Gasteiger partial charge on any atom is 0.407 e. The fourth-order valence-corrected chi connectivity index (χ4v) is 4.02. The first kappa shape index (κ1) is 28.8. The molecule has 0 radical (unpaired) electrons. The molecule has 3 N–H and O–H groups in total. The van der Waals surface area contributed by atoms with E-state index in [2.05, 4.69) is 5.32 Å². The zero-order valence-electron chi connectivity index (χ0n) is 22.0. The number of carboxylic acids is 1. The van der Waals surface area contributed by atoms with Gasteiger partial charge in [0.1, 0.15) is 5.60 Å². The minimum Gasteiger partial charge on any atom is -0.493 e. The number of carbonyl (C=O) groups excluding carboxylic acids is 1. The molecule has 2 aromatic carbocycles. The van der Waals surface area contributed by atoms with Crippen LogP contribution < -0.4 is 19.5 Å². The highest BCUT2D eigenvalue weighted by Crippen LogP contribution is 2.46. The van der Waals surface area contributed by atoms with Crippen LogP contribution in [0.4, 0.5) is 4.79 Å². The van der Waals surface area contributed by atoms with Crippen LogP contribution in [0.5, 0.6) is 17.2 Å². The van der Waals surface area contributed by atoms with Crippen LogP contribution >= 0.6 is 0 Å². The fourth-order valence-electron chi connectivity index (χ4n) is 4.02. The van der Waals surface area contributed by atoms with Gasteiger partial charge in [0, 0.05) is 5.56 Å². The van der Waals surface area contributed by atoms with Gasteiger partial charge in [-0.1, -0.05) is 36.4 Å². The van der Waals surface area contributed by atoms with Crippen molar-refractivity contribution in [3.05, 3.63) is 53.6 Å². The number of ether oxygens (including phenoxy) is 4. The van der Waals surface area contributed by atoms with Gasteiger partial charge >= 0.3 is 12.1 Å². The van der Waals surface area contributed by atoms with Gasteiger partial charge in [-0.25, -0.2) is 4.79 Å². The molecule has 0 saturated heterocycles. The molecule has 0 spiro atoms. The number of hydrogen-bond acceptors (Lipinski definition) is 7. The first-order valence-electron chi connectivity index (χ1n) is 11.6. The van der Waals surface area contributed by atoms with E-state index < -0.39 is 35.2 Å². The number of benzene rings is 2. The summed E-state index contributed by atoms with van der Waals surface area (Å²) in [6.45, 7) is 6.70. The first-order chi connectivity index (χ1) is 16.9. The third kappa shape index (κ3) is 7.04. The predicted molar refractivity (Wildman–Crippen MR) is 135 cm³/mol. The highest BCUT2D eigenvalue weighted by atomic mass is 16.6. The first-order valence-corrected chi connectivity index (χ1v) is 11.6. The Balaban J connectivity index is 2.47. The zero-order valence-corrected chi connectivity index (χ0v) is 22.0. The van der Waals surface area contributed by atoms with Crippen molar-refractivity contribution >= 4 is 12.1 Å². The lowest BCUT2D eigenvalue weighted by Gasteiger charge is -2.33. The molecule has 0 fully saturated rings. The fraction of sp³-hybridized carbons (Fsp3) is 0.481. The van der Waals surface area contributed by atoms with Crippen LogP contribution in [0.25, 0.3) is 0 Å². The van der Waals surface area contributed by atoms with Crippen LogP contribution in [0.15, 0.2) is 42.5 Å². The van der Waals surface area contributed by atoms with E-state index in [9.17, 15) is 19.8 Å². The Morgan fingerprint density at radius 2 is 1.53 bits per heavy atom. The predicted octanol–water partition coefficient (Wildman–Crippen LogP) is 3.94. The van der Waals surface area contributed by atoms with Crippen molar-refractivity contribution < 1.29 is 38.7 Å². The van der Waals surface area contributed by atoms with Crippen molar-refractivity contribution in [3.8, 4) is 17.2 Å². The van der Waals surface area contributed by atoms with Gasteiger partial charge in [0.25, 0.3) is 0 Å². The van der Waals surface area contributed by atoms with Crippen molar-refractivity contribution in [2.24, 2.45) is 0 Å². The van der Waals surface area contributed by atoms with E-state index in [-0.39, 0.29) is 24.3 Å². The molecule has 0 bridgehead atoms. The number of nitrogens with one attached hydrogen (secondary N) is 1. The summed E-state index contributed by atoms with van der Waals surface area (Å²) in [5.74, 6) is -0.372. The second kappa shape index (κ2) is 12.0. The summed E-state index contributed by atoms with van der Waals surface area (Å²) in [5.41, 5.74) is -1.19. The topological polar surface area (TPSA) is 124 Å². The Labute approximate surface area is 212 Å². The largest absolute Gasteiger partial charge is 0.493 e. The van der Waals surface area contributed by atoms with Gasteiger partial charge in [0.05, 0.1) is 38.9 Å². The zero-order chi connectivity index (χ0) is 27.1. The van der Waals surface area contributed by atoms with Crippen LogP contribution in [-0.4, -0.2) is 61.4 Å². The number of aliphatic hydroxyl groups is 1. The molecule has 0 heterocycles. The average molecular weight is 504 g/mol. The summed E-state index contributed by atoms with van der Waals surface area (Å²) < 4.78 is 21.6. The summed E-state index contributed by atoms with van der Waals surface area (Å²) in [7, 11) is 4.30. The van der Waals surface area contributed by atoms with E-state index in [0.29, 0.717) is 11.3 Å². The van der Waals surface area contributed by atoms with Crippen LogP contribution in [0.2, 0.25) is 0 Å². The molecule has 3 atom stereocenters. The van der Waals surface area contributed by atoms with Crippen molar-refractivity contribution in [1.29, 1.82) is 0 Å². The third-order valence-corrected chi connectivity index (χ3v) is 5.85. The van der Waals surface area contributed by atoms with Gasteiger partial charge < -0.3 is 34.5 Å². The molecule has 0 aliphatic rings. The summed E-state index contributed by atoms with van der Waals surface area (Å²) in [6.07, 6.45) is -1.93. The molecule has 198 valence electrons. The number of alkyl carbamates (subject to hydrolysis) is 1. The number of methoxy groups -OCH3 is 3. The molecule has 0 aliphatic carbocycles. The minimum absolute atomic E-state index is 0.189. The molecule has 0 aliphatic heterocycles. The van der Waals surface area contributed by atoms with Crippen molar-refractivity contribution in [1.82, 2.24) is 5.32 Å². The molecule has 1 amide bonds. The lowest BCUT2D eigenvalue weighted by atomic mass is 9.75. The van der Waals surface area contributed by atoms with E-state index in [4.69, 9.17) is 18.9 Å². The summed E-state index contributed by atoms with van der Waals surface area (Å²) in [4.78, 5) is 25.2. The Morgan fingerprint density at radius 1 is 0.917 bits per heavy atom. The summed E-state index contributed by atoms with van der Waals surface area (Å²) >= 11 is 0. The molecule has 9 heteroatoms. The van der Waals surface area contributed by atoms with E-state index in [1.165, 1.54) is 28.3 Å². The Kier molecular flexibility index (Phi) is 9.58. The lowest BCUT2D eigenvalue weighted by molar-refractivity contribution is -0.144. The van der Waals surface area contributed by atoms with Gasteiger partial charge in [-0.15, -0.1) is 0 Å². The Morgan fingerprint density at radius 3 is 2.03 bits per heavy atom. The molecule has 0 aromatic heterocycles. The highest BCUT2D eigenvalue weighted by Gasteiger charge is 2.43. The lowest BCUT2D eigenvalue weighted by Crippen LogP contribution is -2.49. The van der Waals surface area contributed by atoms with E-state index in [0.717, 1.165) is 5.56 Å². The van der Waals surface area contributed by atoms with Crippen molar-refractivity contribution in [3.63, 3.8) is 0 Å². The van der Waals surface area contributed by atoms with Gasteiger partial charge in [-0.05, 0) is 52.2 Å². The SMILES string of the molecule is COc1ccc([C@@](C)(C[C@H](O)[C@H](Cc2ccccc2)NC(=O)OC(C)(C)C)C(=O)O)c(OC)c1OC. The van der Waals surface area contributed by atoms with E-state index in [1.807, 2.05) is 30.3 Å². The second-order valence-corrected chi connectivity index (χ2v) is 9.73. The van der Waals surface area contributed by atoms with Crippen LogP contribution in [0.3, 0.4) is 0 Å². The van der Waals surface area contributed by atoms with E-state index >= 15 is 0 Å². The maximum atomic E-state index is 12.6. The summed E-state index contributed by atoms with van der Waals surface area (Å²) in [6, 6.07) is 11.6. The average Bonchev–Trinajstić information content (AvgIpc) is 2.81. The minimum atomic E-state index is -1.60. The van der Waals surface area contributed by atoms with Crippen molar-refractivity contribution in [2.75, 3.05) is 21.3 Å². The Bertz CT molecular complexity index is 1030. The third-order valence-electron chi connectivity index (χ3n) is 5.85. The molecule has 2 rings (SSSR count).